The molecule has 0 radical (unpaired) electrons. The van der Waals surface area contributed by atoms with Gasteiger partial charge in [-0.2, -0.15) is 4.98 Å². The Hall–Kier alpha value is -1.73. The molecule has 0 spiro atoms. The first kappa shape index (κ1) is 15.2. The van der Waals surface area contributed by atoms with Gasteiger partial charge < -0.3 is 14.4 Å². The summed E-state index contributed by atoms with van der Waals surface area (Å²) in [5.41, 5.74) is 0. The minimum Gasteiger partial charge on any atom is -0.340 e. The van der Waals surface area contributed by atoms with Gasteiger partial charge in [0, 0.05) is 38.4 Å². The van der Waals surface area contributed by atoms with Crippen LogP contribution in [0.25, 0.3) is 0 Å². The monoisotopic (exact) mass is 304 g/mol. The molecule has 0 amide bonds. The first-order valence-electron chi connectivity index (χ1n) is 7.99. The van der Waals surface area contributed by atoms with Crippen LogP contribution in [-0.4, -0.2) is 43.7 Å². The number of aryl methyl sites for hydroxylation is 2. The minimum atomic E-state index is 0.490. The summed E-state index contributed by atoms with van der Waals surface area (Å²) < 4.78 is 7.22. The fourth-order valence-corrected chi connectivity index (χ4v) is 3.00. The van der Waals surface area contributed by atoms with Crippen molar-refractivity contribution in [2.24, 2.45) is 0 Å². The molecule has 2 aromatic heterocycles. The maximum atomic E-state index is 5.04. The van der Waals surface area contributed by atoms with Gasteiger partial charge >= 0.3 is 0 Å². The number of hydrogen-bond acceptors (Lipinski definition) is 6. The van der Waals surface area contributed by atoms with Gasteiger partial charge in [-0.05, 0) is 26.3 Å². The van der Waals surface area contributed by atoms with Crippen LogP contribution >= 0.6 is 0 Å². The van der Waals surface area contributed by atoms with Crippen LogP contribution in [0.15, 0.2) is 16.9 Å². The lowest BCUT2D eigenvalue weighted by Gasteiger charge is -2.32. The summed E-state index contributed by atoms with van der Waals surface area (Å²) in [6.07, 6.45) is 6.29. The highest BCUT2D eigenvalue weighted by molar-refractivity contribution is 4.93. The molecule has 1 aliphatic rings. The van der Waals surface area contributed by atoms with Gasteiger partial charge in [-0.3, -0.25) is 4.90 Å². The average Bonchev–Trinajstić information content (AvgIpc) is 3.14. The predicted molar refractivity (Wildman–Crippen MR) is 82.1 cm³/mol. The van der Waals surface area contributed by atoms with E-state index in [1.807, 2.05) is 19.3 Å². The van der Waals surface area contributed by atoms with E-state index in [4.69, 9.17) is 4.52 Å². The van der Waals surface area contributed by atoms with E-state index in [0.717, 1.165) is 44.4 Å². The third-order valence-electron chi connectivity index (χ3n) is 4.13. The van der Waals surface area contributed by atoms with Gasteiger partial charge in [-0.25, -0.2) is 4.98 Å². The molecule has 1 saturated heterocycles. The third kappa shape index (κ3) is 3.72. The molecule has 7 heteroatoms. The van der Waals surface area contributed by atoms with E-state index in [1.54, 1.807) is 0 Å². The Bertz CT molecular complexity index is 592. The topological polar surface area (TPSA) is 72.0 Å². The van der Waals surface area contributed by atoms with Crippen molar-refractivity contribution in [1.29, 1.82) is 0 Å². The molecule has 0 unspecified atom stereocenters. The molecule has 1 atom stereocenters. The fourth-order valence-electron chi connectivity index (χ4n) is 3.00. The molecule has 0 aromatic carbocycles. The van der Waals surface area contributed by atoms with Crippen molar-refractivity contribution >= 4 is 0 Å². The number of aromatic nitrogens is 4. The Morgan fingerprint density at radius 1 is 1.45 bits per heavy atom. The normalized spacial score (nSPS) is 19.6. The van der Waals surface area contributed by atoms with Gasteiger partial charge in [-0.15, -0.1) is 0 Å². The molecule has 22 heavy (non-hydrogen) atoms. The van der Waals surface area contributed by atoms with E-state index in [0.29, 0.717) is 11.9 Å². The van der Waals surface area contributed by atoms with Crippen molar-refractivity contribution in [2.45, 2.75) is 52.4 Å². The summed E-state index contributed by atoms with van der Waals surface area (Å²) in [6.45, 7) is 8.62. The summed E-state index contributed by atoms with van der Waals surface area (Å²) in [5, 5.41) is 7.61. The highest BCUT2D eigenvalue weighted by Crippen LogP contribution is 2.13. The zero-order chi connectivity index (χ0) is 15.4. The molecule has 3 rings (SSSR count). The SMILES string of the molecule is CCn1ccnc1CN[C@@H]1CCCN(Cc2noc(C)n2)C1. The van der Waals surface area contributed by atoms with E-state index in [9.17, 15) is 0 Å². The number of piperidine rings is 1. The molecule has 7 nitrogen and oxygen atoms in total. The molecule has 1 aliphatic heterocycles. The second-order valence-electron chi connectivity index (χ2n) is 5.81. The molecule has 0 aliphatic carbocycles. The van der Waals surface area contributed by atoms with Crippen LogP contribution in [-0.2, 0) is 19.6 Å². The molecular formula is C15H24N6O. The number of rotatable bonds is 6. The molecule has 3 heterocycles. The highest BCUT2D eigenvalue weighted by Gasteiger charge is 2.21. The largest absolute Gasteiger partial charge is 0.340 e. The molecule has 1 fully saturated rings. The second-order valence-corrected chi connectivity index (χ2v) is 5.81. The Kier molecular flexibility index (Phi) is 4.84. The Morgan fingerprint density at radius 2 is 2.36 bits per heavy atom. The smallest absolute Gasteiger partial charge is 0.223 e. The van der Waals surface area contributed by atoms with Crippen LogP contribution in [0.5, 0.6) is 0 Å². The van der Waals surface area contributed by atoms with Crippen LogP contribution in [0.2, 0.25) is 0 Å². The fraction of sp³-hybridized carbons (Fsp3) is 0.667. The second kappa shape index (κ2) is 7.02. The number of likely N-dealkylation sites (tertiary alicyclic amines) is 1. The zero-order valence-electron chi connectivity index (χ0n) is 13.3. The van der Waals surface area contributed by atoms with Crippen LogP contribution in [0.3, 0.4) is 0 Å². The number of nitrogens with one attached hydrogen (secondary N) is 1. The van der Waals surface area contributed by atoms with Crippen LogP contribution in [0, 0.1) is 6.92 Å². The van der Waals surface area contributed by atoms with Gasteiger partial charge in [0.15, 0.2) is 5.82 Å². The van der Waals surface area contributed by atoms with E-state index in [2.05, 4.69) is 36.8 Å². The lowest BCUT2D eigenvalue weighted by Crippen LogP contribution is -2.45. The molecule has 0 bridgehead atoms. The maximum Gasteiger partial charge on any atom is 0.223 e. The van der Waals surface area contributed by atoms with E-state index in [-0.39, 0.29) is 0 Å². The Balaban J connectivity index is 1.50. The first-order valence-corrected chi connectivity index (χ1v) is 7.99. The first-order chi connectivity index (χ1) is 10.7. The predicted octanol–water partition coefficient (Wildman–Crippen LogP) is 1.35. The van der Waals surface area contributed by atoms with Gasteiger partial charge in [0.25, 0.3) is 0 Å². The van der Waals surface area contributed by atoms with Gasteiger partial charge in [0.05, 0.1) is 13.1 Å². The summed E-state index contributed by atoms with van der Waals surface area (Å²) >= 11 is 0. The average molecular weight is 304 g/mol. The van der Waals surface area contributed by atoms with E-state index < -0.39 is 0 Å². The third-order valence-corrected chi connectivity index (χ3v) is 4.13. The zero-order valence-corrected chi connectivity index (χ0v) is 13.3. The Labute approximate surface area is 130 Å². The van der Waals surface area contributed by atoms with Crippen LogP contribution < -0.4 is 5.32 Å². The van der Waals surface area contributed by atoms with Crippen molar-refractivity contribution in [3.05, 3.63) is 29.9 Å². The summed E-state index contributed by atoms with van der Waals surface area (Å²) in [4.78, 5) is 11.1. The summed E-state index contributed by atoms with van der Waals surface area (Å²) in [5.74, 6) is 2.51. The molecule has 2 aromatic rings. The van der Waals surface area contributed by atoms with E-state index in [1.165, 1.54) is 12.8 Å². The highest BCUT2D eigenvalue weighted by atomic mass is 16.5. The maximum absolute atomic E-state index is 5.04. The summed E-state index contributed by atoms with van der Waals surface area (Å²) in [6, 6.07) is 0.490. The standard InChI is InChI=1S/C15H24N6O/c1-3-21-8-6-16-15(21)9-17-13-5-4-7-20(10-13)11-14-18-12(2)22-19-14/h6,8,13,17H,3-5,7,9-11H2,1-2H3/t13-/m1/s1. The molecule has 0 saturated carbocycles. The Morgan fingerprint density at radius 3 is 3.14 bits per heavy atom. The van der Waals surface area contributed by atoms with Crippen molar-refractivity contribution in [1.82, 2.24) is 29.9 Å². The van der Waals surface area contributed by atoms with Gasteiger partial charge in [-0.1, -0.05) is 5.16 Å². The molecular weight excluding hydrogens is 280 g/mol. The van der Waals surface area contributed by atoms with Crippen molar-refractivity contribution in [3.8, 4) is 0 Å². The number of hydrogen-bond donors (Lipinski definition) is 1. The van der Waals surface area contributed by atoms with Crippen LogP contribution in [0.1, 0.15) is 37.3 Å². The van der Waals surface area contributed by atoms with Crippen molar-refractivity contribution in [3.63, 3.8) is 0 Å². The number of imidazole rings is 1. The molecule has 120 valence electrons. The minimum absolute atomic E-state index is 0.490. The van der Waals surface area contributed by atoms with Gasteiger partial charge in [0.1, 0.15) is 5.82 Å². The van der Waals surface area contributed by atoms with Crippen molar-refractivity contribution < 1.29 is 4.52 Å². The summed E-state index contributed by atoms with van der Waals surface area (Å²) in [7, 11) is 0. The lowest BCUT2D eigenvalue weighted by molar-refractivity contribution is 0.176. The van der Waals surface area contributed by atoms with Crippen LogP contribution in [0.4, 0.5) is 0 Å². The van der Waals surface area contributed by atoms with E-state index >= 15 is 0 Å². The quantitative estimate of drug-likeness (QED) is 0.868. The number of nitrogens with zero attached hydrogens (tertiary/aromatic N) is 5. The van der Waals surface area contributed by atoms with Crippen molar-refractivity contribution in [2.75, 3.05) is 13.1 Å². The molecule has 1 N–H and O–H groups in total. The lowest BCUT2D eigenvalue weighted by atomic mass is 10.1. The van der Waals surface area contributed by atoms with Gasteiger partial charge in [0.2, 0.25) is 5.89 Å².